The van der Waals surface area contributed by atoms with Crippen molar-refractivity contribution in [1.29, 1.82) is 0 Å². The highest BCUT2D eigenvalue weighted by Crippen LogP contribution is 2.39. The molecule has 5 rings (SSSR count). The van der Waals surface area contributed by atoms with Crippen LogP contribution in [0.1, 0.15) is 28.5 Å². The second-order valence-corrected chi connectivity index (χ2v) is 9.59. The number of aromatic amines is 1. The Kier molecular flexibility index (Phi) is 6.15. The number of nitrogens with one attached hydrogen (secondary N) is 2. The van der Waals surface area contributed by atoms with E-state index < -0.39 is 0 Å². The van der Waals surface area contributed by atoms with Gasteiger partial charge in [0.1, 0.15) is 5.69 Å². The number of fused-ring (bicyclic) bond motifs is 1. The molecule has 2 N–H and O–H groups in total. The standard InChI is InChI=1S/C25H19BrCl2N4O/c26-17-7-5-15(6-8-17)24-13-19(31-32(24)23-10-9-18(27)12-20(23)28)14-29-25(33)22-11-16-3-1-2-4-21(16)30-22/h1-12,24,30H,13-14H2,(H,29,33). The highest BCUT2D eigenvalue weighted by atomic mass is 79.9. The van der Waals surface area contributed by atoms with Crippen LogP contribution in [0.5, 0.6) is 0 Å². The molecule has 8 heteroatoms. The summed E-state index contributed by atoms with van der Waals surface area (Å²) < 4.78 is 1.01. The first kappa shape index (κ1) is 22.0. The molecule has 2 heterocycles. The molecule has 1 amide bonds. The van der Waals surface area contributed by atoms with Gasteiger partial charge in [0.25, 0.3) is 5.91 Å². The van der Waals surface area contributed by atoms with Crippen molar-refractivity contribution in [3.63, 3.8) is 0 Å². The molecule has 0 spiro atoms. The zero-order chi connectivity index (χ0) is 22.9. The van der Waals surface area contributed by atoms with E-state index in [0.717, 1.165) is 32.3 Å². The first-order chi connectivity index (χ1) is 16.0. The summed E-state index contributed by atoms with van der Waals surface area (Å²) in [5, 5.41) is 11.8. The van der Waals surface area contributed by atoms with E-state index in [0.29, 0.717) is 28.7 Å². The minimum absolute atomic E-state index is 0.0447. The number of hydrogen-bond acceptors (Lipinski definition) is 3. The molecule has 166 valence electrons. The fourth-order valence-corrected chi connectivity index (χ4v) is 4.75. The lowest BCUT2D eigenvalue weighted by atomic mass is 10.0. The number of hydrazone groups is 1. The highest BCUT2D eigenvalue weighted by molar-refractivity contribution is 9.10. The Morgan fingerprint density at radius 1 is 1.09 bits per heavy atom. The summed E-state index contributed by atoms with van der Waals surface area (Å²) in [6.45, 7) is 0.336. The molecular weight excluding hydrogens is 523 g/mol. The van der Waals surface area contributed by atoms with Crippen LogP contribution in [0.25, 0.3) is 10.9 Å². The van der Waals surface area contributed by atoms with Crippen LogP contribution < -0.4 is 10.3 Å². The minimum atomic E-state index is -0.169. The van der Waals surface area contributed by atoms with Gasteiger partial charge in [-0.3, -0.25) is 9.80 Å². The lowest BCUT2D eigenvalue weighted by molar-refractivity contribution is 0.0955. The zero-order valence-electron chi connectivity index (χ0n) is 17.4. The van der Waals surface area contributed by atoms with Crippen molar-refractivity contribution in [1.82, 2.24) is 10.3 Å². The maximum Gasteiger partial charge on any atom is 0.268 e. The summed E-state index contributed by atoms with van der Waals surface area (Å²) in [7, 11) is 0. The third-order valence-electron chi connectivity index (χ3n) is 5.61. The van der Waals surface area contributed by atoms with E-state index in [2.05, 4.69) is 38.4 Å². The number of aromatic nitrogens is 1. The summed E-state index contributed by atoms with van der Waals surface area (Å²) >= 11 is 16.1. The third-order valence-corrected chi connectivity index (χ3v) is 6.68. The highest BCUT2D eigenvalue weighted by Gasteiger charge is 2.30. The Hall–Kier alpha value is -2.80. The first-order valence-electron chi connectivity index (χ1n) is 10.4. The van der Waals surface area contributed by atoms with E-state index >= 15 is 0 Å². The molecule has 1 aliphatic rings. The largest absolute Gasteiger partial charge is 0.351 e. The van der Waals surface area contributed by atoms with Gasteiger partial charge in [-0.2, -0.15) is 5.10 Å². The maximum atomic E-state index is 12.8. The fourth-order valence-electron chi connectivity index (χ4n) is 3.99. The average Bonchev–Trinajstić information content (AvgIpc) is 3.42. The summed E-state index contributed by atoms with van der Waals surface area (Å²) in [6, 6.07) is 23.1. The molecule has 5 nitrogen and oxygen atoms in total. The number of halogens is 3. The maximum absolute atomic E-state index is 12.8. The Labute approximate surface area is 209 Å². The Morgan fingerprint density at radius 2 is 1.88 bits per heavy atom. The van der Waals surface area contributed by atoms with Gasteiger partial charge in [-0.1, -0.05) is 69.5 Å². The number of benzene rings is 3. The summed E-state index contributed by atoms with van der Waals surface area (Å²) in [5.41, 5.74) is 4.19. The van der Waals surface area contributed by atoms with Gasteiger partial charge < -0.3 is 10.3 Å². The number of rotatable bonds is 5. The molecular formula is C25H19BrCl2N4O. The number of carbonyl (C=O) groups is 1. The zero-order valence-corrected chi connectivity index (χ0v) is 20.5. The van der Waals surface area contributed by atoms with Gasteiger partial charge in [-0.25, -0.2) is 0 Å². The molecule has 0 saturated heterocycles. The molecule has 1 aromatic heterocycles. The van der Waals surface area contributed by atoms with Crippen molar-refractivity contribution in [3.05, 3.63) is 98.6 Å². The molecule has 33 heavy (non-hydrogen) atoms. The van der Waals surface area contributed by atoms with Gasteiger partial charge in [0.15, 0.2) is 0 Å². The van der Waals surface area contributed by atoms with Crippen LogP contribution in [0.3, 0.4) is 0 Å². The molecule has 3 aromatic carbocycles. The third kappa shape index (κ3) is 4.64. The number of amides is 1. The van der Waals surface area contributed by atoms with Crippen molar-refractivity contribution in [2.45, 2.75) is 12.5 Å². The molecule has 0 aliphatic carbocycles. The Bertz CT molecular complexity index is 1330. The first-order valence-corrected chi connectivity index (χ1v) is 11.9. The fraction of sp³-hybridized carbons (Fsp3) is 0.120. The van der Waals surface area contributed by atoms with Gasteiger partial charge >= 0.3 is 0 Å². The van der Waals surface area contributed by atoms with Crippen molar-refractivity contribution in [2.24, 2.45) is 5.10 Å². The Balaban J connectivity index is 1.38. The Morgan fingerprint density at radius 3 is 2.64 bits per heavy atom. The van der Waals surface area contributed by atoms with Gasteiger partial charge in [0, 0.05) is 26.8 Å². The van der Waals surface area contributed by atoms with Gasteiger partial charge in [-0.15, -0.1) is 0 Å². The molecule has 4 aromatic rings. The van der Waals surface area contributed by atoms with Crippen LogP contribution in [0, 0.1) is 0 Å². The van der Waals surface area contributed by atoms with Gasteiger partial charge in [-0.05, 0) is 48.0 Å². The van der Waals surface area contributed by atoms with Crippen LogP contribution in [-0.4, -0.2) is 23.1 Å². The smallest absolute Gasteiger partial charge is 0.268 e. The molecule has 0 radical (unpaired) electrons. The summed E-state index contributed by atoms with van der Waals surface area (Å²) in [5.74, 6) is -0.169. The second kappa shape index (κ2) is 9.21. The lowest BCUT2D eigenvalue weighted by Crippen LogP contribution is -2.29. The quantitative estimate of drug-likeness (QED) is 0.286. The SMILES string of the molecule is O=C(NCC1=NN(c2ccc(Cl)cc2Cl)C(c2ccc(Br)cc2)C1)c1cc2ccccc2[nH]1. The van der Waals surface area contributed by atoms with Crippen LogP contribution >= 0.6 is 39.1 Å². The van der Waals surface area contributed by atoms with E-state index in [4.69, 9.17) is 28.3 Å². The number of anilines is 1. The van der Waals surface area contributed by atoms with Gasteiger partial charge in [0.05, 0.1) is 29.0 Å². The molecule has 1 atom stereocenters. The predicted octanol–water partition coefficient (Wildman–Crippen LogP) is 6.97. The molecule has 0 fully saturated rings. The normalized spacial score (nSPS) is 15.7. The van der Waals surface area contributed by atoms with E-state index in [1.165, 1.54) is 0 Å². The molecule has 1 aliphatic heterocycles. The number of nitrogens with zero attached hydrogens (tertiary/aromatic N) is 2. The van der Waals surface area contributed by atoms with Gasteiger partial charge in [0.2, 0.25) is 0 Å². The monoisotopic (exact) mass is 540 g/mol. The second-order valence-electron chi connectivity index (χ2n) is 7.83. The van der Waals surface area contributed by atoms with E-state index in [9.17, 15) is 4.79 Å². The average molecular weight is 542 g/mol. The van der Waals surface area contributed by atoms with E-state index in [1.807, 2.05) is 53.5 Å². The van der Waals surface area contributed by atoms with E-state index in [1.54, 1.807) is 12.1 Å². The van der Waals surface area contributed by atoms with Crippen LogP contribution in [0.15, 0.2) is 82.4 Å². The summed E-state index contributed by atoms with van der Waals surface area (Å²) in [4.78, 5) is 15.9. The van der Waals surface area contributed by atoms with Crippen molar-refractivity contribution >= 4 is 67.3 Å². The van der Waals surface area contributed by atoms with Crippen molar-refractivity contribution in [3.8, 4) is 0 Å². The number of carbonyl (C=O) groups excluding carboxylic acids is 1. The number of para-hydroxylation sites is 1. The van der Waals surface area contributed by atoms with Crippen molar-refractivity contribution in [2.75, 3.05) is 11.6 Å². The van der Waals surface area contributed by atoms with Crippen LogP contribution in [0.4, 0.5) is 5.69 Å². The van der Waals surface area contributed by atoms with Crippen LogP contribution in [0.2, 0.25) is 10.0 Å². The number of H-pyrrole nitrogens is 1. The number of hydrogen-bond donors (Lipinski definition) is 2. The van der Waals surface area contributed by atoms with Crippen molar-refractivity contribution < 1.29 is 4.79 Å². The molecule has 1 unspecified atom stereocenters. The minimum Gasteiger partial charge on any atom is -0.351 e. The van der Waals surface area contributed by atoms with E-state index in [-0.39, 0.29) is 11.9 Å². The molecule has 0 bridgehead atoms. The predicted molar refractivity (Wildman–Crippen MR) is 139 cm³/mol. The summed E-state index contributed by atoms with van der Waals surface area (Å²) in [6.07, 6.45) is 0.660. The topological polar surface area (TPSA) is 60.5 Å². The van der Waals surface area contributed by atoms with Crippen LogP contribution in [-0.2, 0) is 0 Å². The molecule has 0 saturated carbocycles. The lowest BCUT2D eigenvalue weighted by Gasteiger charge is -2.25.